The van der Waals surface area contributed by atoms with E-state index < -0.39 is 0 Å². The maximum absolute atomic E-state index is 6.38. The van der Waals surface area contributed by atoms with Gasteiger partial charge in [-0.3, -0.25) is 9.97 Å². The summed E-state index contributed by atoms with van der Waals surface area (Å²) in [5.41, 5.74) is 15.0. The van der Waals surface area contributed by atoms with Gasteiger partial charge in [-0.1, -0.05) is 48.5 Å². The van der Waals surface area contributed by atoms with Crippen LogP contribution in [0.5, 0.6) is 11.5 Å². The minimum Gasteiger partial charge on any atom is -0.457 e. The van der Waals surface area contributed by atoms with Crippen LogP contribution in [0.3, 0.4) is 0 Å². The first-order valence-corrected chi connectivity index (χ1v) is 16.2. The highest BCUT2D eigenvalue weighted by atomic mass is 16.7. The molecular formula is C41H26N4O2. The van der Waals surface area contributed by atoms with Gasteiger partial charge in [0.15, 0.2) is 0 Å². The van der Waals surface area contributed by atoms with Crippen LogP contribution in [0.4, 0.5) is 0 Å². The maximum atomic E-state index is 6.38. The minimum atomic E-state index is 0.136. The zero-order chi connectivity index (χ0) is 30.6. The number of nitrogens with zero attached hydrogens (tertiary/aromatic N) is 4. The summed E-state index contributed by atoms with van der Waals surface area (Å²) in [6.07, 6.45) is 7.41. The summed E-state index contributed by atoms with van der Waals surface area (Å²) in [5.74, 6) is 1.61. The highest BCUT2D eigenvalue weighted by Gasteiger charge is 2.33. The number of benzene rings is 4. The molecule has 0 saturated carbocycles. The van der Waals surface area contributed by atoms with Crippen LogP contribution in [0.15, 0.2) is 97.3 Å². The molecule has 0 saturated heterocycles. The van der Waals surface area contributed by atoms with Crippen LogP contribution >= 0.6 is 0 Å². The number of rotatable bonds is 0. The van der Waals surface area contributed by atoms with Crippen molar-refractivity contribution in [1.29, 1.82) is 0 Å². The van der Waals surface area contributed by atoms with Crippen LogP contribution in [-0.4, -0.2) is 26.7 Å². The second kappa shape index (κ2) is 9.33. The summed E-state index contributed by atoms with van der Waals surface area (Å²) in [6.45, 7) is 0.136. The average molecular weight is 607 g/mol. The van der Waals surface area contributed by atoms with Gasteiger partial charge in [0.2, 0.25) is 6.79 Å². The van der Waals surface area contributed by atoms with Crippen molar-refractivity contribution >= 4 is 43.6 Å². The van der Waals surface area contributed by atoms with Crippen molar-refractivity contribution in [3.05, 3.63) is 120 Å². The fourth-order valence-electron chi connectivity index (χ4n) is 8.10. The molecule has 0 amide bonds. The lowest BCUT2D eigenvalue weighted by Crippen LogP contribution is -2.11. The lowest BCUT2D eigenvalue weighted by atomic mass is 9.78. The van der Waals surface area contributed by atoms with Gasteiger partial charge in [0, 0.05) is 56.2 Å². The van der Waals surface area contributed by atoms with Crippen LogP contribution in [0.1, 0.15) is 22.3 Å². The molecule has 0 radical (unpaired) electrons. The Balaban J connectivity index is 1.24. The van der Waals surface area contributed by atoms with E-state index in [4.69, 9.17) is 29.4 Å². The third-order valence-corrected chi connectivity index (χ3v) is 10.3. The quantitative estimate of drug-likeness (QED) is 0.161. The molecule has 0 N–H and O–H groups in total. The summed E-state index contributed by atoms with van der Waals surface area (Å²) >= 11 is 0. The van der Waals surface area contributed by atoms with Crippen molar-refractivity contribution in [1.82, 2.24) is 19.9 Å². The summed E-state index contributed by atoms with van der Waals surface area (Å²) in [5, 5.41) is 4.40. The molecule has 3 aliphatic rings. The van der Waals surface area contributed by atoms with E-state index in [1.54, 1.807) is 0 Å². The Kier molecular flexibility index (Phi) is 5.03. The molecule has 11 rings (SSSR count). The van der Waals surface area contributed by atoms with Crippen LogP contribution < -0.4 is 9.47 Å². The number of hydrogen-bond acceptors (Lipinski definition) is 6. The van der Waals surface area contributed by atoms with Crippen molar-refractivity contribution < 1.29 is 9.47 Å². The third kappa shape index (κ3) is 3.55. The standard InChI is InChI=1S/C41H26N4O2/c1-3-24-7-11-28-19-26-9-5-22-13-15-30-34(32(22)36(26)44-40(28)38(24)42-17-1)35-31(47-21-46-30)16-14-23-6-10-27-20-29-12-8-25-4-2-18-43-39(25)41(29)45-37(27)33(23)35/h1-4,7-8,11-20H,5-6,9-10,21H2. The summed E-state index contributed by atoms with van der Waals surface area (Å²) in [7, 11) is 0. The number of aryl methyl sites for hydroxylation is 4. The van der Waals surface area contributed by atoms with Gasteiger partial charge >= 0.3 is 0 Å². The molecule has 4 aromatic carbocycles. The van der Waals surface area contributed by atoms with E-state index in [9.17, 15) is 0 Å². The summed E-state index contributed by atoms with van der Waals surface area (Å²) in [6, 6.07) is 30.1. The van der Waals surface area contributed by atoms with Gasteiger partial charge in [0.05, 0.1) is 33.5 Å². The number of aromatic nitrogens is 4. The first-order chi connectivity index (χ1) is 23.3. The second-order valence-corrected chi connectivity index (χ2v) is 12.8. The van der Waals surface area contributed by atoms with Gasteiger partial charge in [0.25, 0.3) is 0 Å². The summed E-state index contributed by atoms with van der Waals surface area (Å²) < 4.78 is 12.8. The van der Waals surface area contributed by atoms with E-state index >= 15 is 0 Å². The molecule has 47 heavy (non-hydrogen) atoms. The molecule has 0 spiro atoms. The Morgan fingerprint density at radius 3 is 1.40 bits per heavy atom. The van der Waals surface area contributed by atoms with E-state index in [1.165, 1.54) is 22.3 Å². The van der Waals surface area contributed by atoms with Gasteiger partial charge in [-0.15, -0.1) is 0 Å². The van der Waals surface area contributed by atoms with Crippen molar-refractivity contribution in [2.24, 2.45) is 0 Å². The zero-order valence-corrected chi connectivity index (χ0v) is 25.4. The number of pyridine rings is 4. The first-order valence-electron chi connectivity index (χ1n) is 16.2. The van der Waals surface area contributed by atoms with Gasteiger partial charge in [-0.05, 0) is 84.3 Å². The van der Waals surface area contributed by atoms with E-state index in [2.05, 4.69) is 72.8 Å². The molecule has 4 aromatic heterocycles. The smallest absolute Gasteiger partial charge is 0.230 e. The molecule has 1 aliphatic heterocycles. The Hall–Kier alpha value is -5.88. The predicted octanol–water partition coefficient (Wildman–Crippen LogP) is 8.81. The molecule has 2 aliphatic carbocycles. The third-order valence-electron chi connectivity index (χ3n) is 10.3. The number of fused-ring (bicyclic) bond motifs is 17. The van der Waals surface area contributed by atoms with Crippen LogP contribution in [0, 0.1) is 0 Å². The Morgan fingerprint density at radius 1 is 0.426 bits per heavy atom. The highest BCUT2D eigenvalue weighted by molar-refractivity contribution is 6.08. The average Bonchev–Trinajstić information content (AvgIpc) is 3.32. The zero-order valence-electron chi connectivity index (χ0n) is 25.4. The first kappa shape index (κ1) is 25.3. The molecular weight excluding hydrogens is 580 g/mol. The van der Waals surface area contributed by atoms with Crippen LogP contribution in [0.25, 0.3) is 77.3 Å². The topological polar surface area (TPSA) is 70.0 Å². The molecule has 8 aromatic rings. The number of hydrogen-bond donors (Lipinski definition) is 0. The van der Waals surface area contributed by atoms with Crippen LogP contribution in [-0.2, 0) is 25.7 Å². The van der Waals surface area contributed by atoms with E-state index in [-0.39, 0.29) is 6.79 Å². The molecule has 0 fully saturated rings. The predicted molar refractivity (Wildman–Crippen MR) is 185 cm³/mol. The van der Waals surface area contributed by atoms with Gasteiger partial charge < -0.3 is 9.47 Å². The SMILES string of the molecule is c1cnc2c(c1)ccc1cc3c(nc12)-c1c(ccc2c1-c1c(ccc4c1-c1nc5c(ccc6cccnc65)cc1CC4)OCO2)CC3. The van der Waals surface area contributed by atoms with Crippen molar-refractivity contribution in [2.45, 2.75) is 25.7 Å². The fourth-order valence-corrected chi connectivity index (χ4v) is 8.10. The molecule has 0 bridgehead atoms. The molecule has 5 heterocycles. The van der Waals surface area contributed by atoms with Crippen LogP contribution in [0.2, 0.25) is 0 Å². The molecule has 222 valence electrons. The monoisotopic (exact) mass is 606 g/mol. The molecule has 6 heteroatoms. The molecule has 6 nitrogen and oxygen atoms in total. The summed E-state index contributed by atoms with van der Waals surface area (Å²) in [4.78, 5) is 20.4. The van der Waals surface area contributed by atoms with Crippen molar-refractivity contribution in [2.75, 3.05) is 6.79 Å². The largest absolute Gasteiger partial charge is 0.457 e. The minimum absolute atomic E-state index is 0.136. The Labute approximate surface area is 269 Å². The van der Waals surface area contributed by atoms with Crippen molar-refractivity contribution in [3.8, 4) is 45.1 Å². The Morgan fingerprint density at radius 2 is 0.894 bits per heavy atom. The van der Waals surface area contributed by atoms with E-state index in [1.807, 2.05) is 24.5 Å². The lowest BCUT2D eigenvalue weighted by Gasteiger charge is -2.27. The molecule has 0 atom stereocenters. The highest BCUT2D eigenvalue weighted by Crippen LogP contribution is 2.54. The Bertz CT molecular complexity index is 2500. The normalized spacial score (nSPS) is 14.3. The molecule has 0 unspecified atom stereocenters. The van der Waals surface area contributed by atoms with Gasteiger partial charge in [-0.25, -0.2) is 9.97 Å². The van der Waals surface area contributed by atoms with E-state index in [0.29, 0.717) is 0 Å². The number of ether oxygens (including phenoxy) is 2. The van der Waals surface area contributed by atoms with Crippen molar-refractivity contribution in [3.63, 3.8) is 0 Å². The maximum Gasteiger partial charge on any atom is 0.230 e. The van der Waals surface area contributed by atoms with E-state index in [0.717, 1.165) is 114 Å². The second-order valence-electron chi connectivity index (χ2n) is 12.8. The lowest BCUT2D eigenvalue weighted by molar-refractivity contribution is 0.125. The van der Waals surface area contributed by atoms with Gasteiger partial charge in [-0.2, -0.15) is 0 Å². The fraction of sp³-hybridized carbons (Fsp3) is 0.122. The van der Waals surface area contributed by atoms with Gasteiger partial charge in [0.1, 0.15) is 11.5 Å².